The Kier molecular flexibility index (Phi) is 6.47. The normalized spacial score (nSPS) is 10.9. The molecule has 140 valence electrons. The largest absolute Gasteiger partial charge is 1.00 e. The summed E-state index contributed by atoms with van der Waals surface area (Å²) >= 11 is 0. The SMILES string of the molecule is COc1ccc(-c2c(OS(=O)(=O)O)oc3c[c-]ccc3c2=O)cc1[N+](=O)[O-].[Na+]. The van der Waals surface area contributed by atoms with Crippen LogP contribution in [0.25, 0.3) is 22.1 Å². The summed E-state index contributed by atoms with van der Waals surface area (Å²) in [4.78, 5) is 23.3. The van der Waals surface area contributed by atoms with Crippen molar-refractivity contribution >= 4 is 27.1 Å². The summed E-state index contributed by atoms with van der Waals surface area (Å²) in [5, 5.41) is 11.3. The fourth-order valence-corrected chi connectivity index (χ4v) is 2.77. The number of ether oxygens (including phenoxy) is 1. The van der Waals surface area contributed by atoms with E-state index in [4.69, 9.17) is 13.7 Å². The van der Waals surface area contributed by atoms with Gasteiger partial charge in [0.15, 0.2) is 11.2 Å². The van der Waals surface area contributed by atoms with Gasteiger partial charge in [0, 0.05) is 11.6 Å². The first-order valence-electron chi connectivity index (χ1n) is 7.18. The first-order chi connectivity index (χ1) is 12.7. The number of methoxy groups -OCH3 is 1. The molecule has 0 unspecified atom stereocenters. The molecule has 0 bridgehead atoms. The molecule has 0 aliphatic heterocycles. The molecule has 0 aliphatic rings. The smallest absolute Gasteiger partial charge is 0.490 e. The van der Waals surface area contributed by atoms with Crippen LogP contribution >= 0.6 is 0 Å². The summed E-state index contributed by atoms with van der Waals surface area (Å²) in [6, 6.07) is 10.2. The molecule has 0 fully saturated rings. The van der Waals surface area contributed by atoms with Gasteiger partial charge in [0.25, 0.3) is 0 Å². The number of hydrogen-bond donors (Lipinski definition) is 1. The van der Waals surface area contributed by atoms with E-state index < -0.39 is 37.9 Å². The molecule has 1 heterocycles. The molecule has 0 radical (unpaired) electrons. The average molecular weight is 415 g/mol. The first-order valence-corrected chi connectivity index (χ1v) is 8.54. The third kappa shape index (κ3) is 4.34. The van der Waals surface area contributed by atoms with Gasteiger partial charge in [-0.1, -0.05) is 0 Å². The maximum absolute atomic E-state index is 12.8. The molecule has 2 aromatic carbocycles. The van der Waals surface area contributed by atoms with Gasteiger partial charge in [-0.15, -0.1) is 6.07 Å². The van der Waals surface area contributed by atoms with Crippen LogP contribution in [0.2, 0.25) is 0 Å². The summed E-state index contributed by atoms with van der Waals surface area (Å²) in [5.41, 5.74) is -1.72. The van der Waals surface area contributed by atoms with Crippen molar-refractivity contribution in [3.63, 3.8) is 0 Å². The van der Waals surface area contributed by atoms with Gasteiger partial charge < -0.3 is 13.3 Å². The second-order valence-electron chi connectivity index (χ2n) is 5.17. The third-order valence-corrected chi connectivity index (χ3v) is 3.91. The van der Waals surface area contributed by atoms with E-state index in [-0.39, 0.29) is 51.8 Å². The maximum Gasteiger partial charge on any atom is 1.00 e. The number of rotatable bonds is 5. The Hall–Kier alpha value is -2.44. The van der Waals surface area contributed by atoms with Crippen LogP contribution in [0.5, 0.6) is 11.7 Å². The van der Waals surface area contributed by atoms with Crippen molar-refractivity contribution in [2.24, 2.45) is 0 Å². The fourth-order valence-electron chi connectivity index (χ4n) is 2.46. The molecular formula is C16H10NNaO9S. The van der Waals surface area contributed by atoms with Crippen LogP contribution in [0.3, 0.4) is 0 Å². The minimum atomic E-state index is -5.03. The maximum atomic E-state index is 12.8. The monoisotopic (exact) mass is 415 g/mol. The Labute approximate surface area is 180 Å². The Morgan fingerprint density at radius 3 is 2.61 bits per heavy atom. The van der Waals surface area contributed by atoms with E-state index in [0.29, 0.717) is 0 Å². The fraction of sp³-hybridized carbons (Fsp3) is 0.0625. The van der Waals surface area contributed by atoms with Crippen LogP contribution in [-0.2, 0) is 10.4 Å². The minimum Gasteiger partial charge on any atom is -0.490 e. The molecule has 0 spiro atoms. The van der Waals surface area contributed by atoms with Crippen molar-refractivity contribution in [2.75, 3.05) is 7.11 Å². The Morgan fingerprint density at radius 1 is 1.29 bits per heavy atom. The van der Waals surface area contributed by atoms with Crippen LogP contribution in [-0.4, -0.2) is 25.0 Å². The average Bonchev–Trinajstić information content (AvgIpc) is 2.60. The van der Waals surface area contributed by atoms with Crippen molar-refractivity contribution in [2.45, 2.75) is 0 Å². The van der Waals surface area contributed by atoms with E-state index in [1.807, 2.05) is 0 Å². The number of hydrogen-bond acceptors (Lipinski definition) is 8. The Morgan fingerprint density at radius 2 is 2.00 bits per heavy atom. The van der Waals surface area contributed by atoms with Gasteiger partial charge in [0.1, 0.15) is 5.56 Å². The molecule has 10 nitrogen and oxygen atoms in total. The van der Waals surface area contributed by atoms with Crippen LogP contribution in [0.1, 0.15) is 0 Å². The zero-order chi connectivity index (χ0) is 19.8. The molecule has 0 saturated carbocycles. The van der Waals surface area contributed by atoms with Crippen molar-refractivity contribution in [3.8, 4) is 22.8 Å². The van der Waals surface area contributed by atoms with Gasteiger partial charge in [-0.2, -0.15) is 26.6 Å². The number of nitro benzene ring substituents is 1. The van der Waals surface area contributed by atoms with E-state index in [2.05, 4.69) is 10.2 Å². The van der Waals surface area contributed by atoms with E-state index in [0.717, 1.165) is 6.07 Å². The second kappa shape index (κ2) is 8.29. The zero-order valence-corrected chi connectivity index (χ0v) is 17.3. The third-order valence-electron chi connectivity index (χ3n) is 3.55. The molecule has 1 N–H and O–H groups in total. The minimum absolute atomic E-state index is 0. The van der Waals surface area contributed by atoms with E-state index in [1.165, 1.54) is 37.4 Å². The number of nitrogens with zero attached hydrogens (tertiary/aromatic N) is 1. The number of nitro groups is 1. The molecule has 1 aromatic heterocycles. The predicted molar refractivity (Wildman–Crippen MR) is 92.1 cm³/mol. The standard InChI is InChI=1S/C16H10NO9S.Na/c1-24-13-7-6-9(8-11(13)17(19)20)14-15(18)10-4-2-3-5-12(10)25-16(14)26-27(21,22)23;/h2,4-8H,1H3,(H,21,22,23);/q-1;+1. The Balaban J connectivity index is 0.00000280. The molecule has 0 amide bonds. The van der Waals surface area contributed by atoms with E-state index in [1.54, 1.807) is 0 Å². The van der Waals surface area contributed by atoms with Gasteiger partial charge in [-0.25, -0.2) is 0 Å². The summed E-state index contributed by atoms with van der Waals surface area (Å²) in [5.74, 6) is -0.908. The second-order valence-corrected chi connectivity index (χ2v) is 6.19. The van der Waals surface area contributed by atoms with Crippen molar-refractivity contribution in [3.05, 3.63) is 62.8 Å². The first kappa shape index (κ1) is 21.9. The van der Waals surface area contributed by atoms with Gasteiger partial charge >= 0.3 is 51.6 Å². The zero-order valence-electron chi connectivity index (χ0n) is 14.5. The molecule has 12 heteroatoms. The molecular weight excluding hydrogens is 405 g/mol. The van der Waals surface area contributed by atoms with Crippen molar-refractivity contribution in [1.29, 1.82) is 0 Å². The molecule has 0 atom stereocenters. The van der Waals surface area contributed by atoms with Gasteiger partial charge in [-0.05, 0) is 23.1 Å². The summed E-state index contributed by atoms with van der Waals surface area (Å²) in [6.07, 6.45) is 0. The van der Waals surface area contributed by atoms with Crippen molar-refractivity contribution in [1.82, 2.24) is 0 Å². The molecule has 0 saturated heterocycles. The molecule has 3 aromatic rings. The van der Waals surface area contributed by atoms with Crippen molar-refractivity contribution < 1.29 is 60.8 Å². The van der Waals surface area contributed by atoms with Crippen LogP contribution in [0.15, 0.2) is 45.6 Å². The van der Waals surface area contributed by atoms with E-state index in [9.17, 15) is 23.3 Å². The van der Waals surface area contributed by atoms with Crippen LogP contribution in [0, 0.1) is 16.2 Å². The van der Waals surface area contributed by atoms with Gasteiger partial charge in [0.05, 0.1) is 12.0 Å². The summed E-state index contributed by atoms with van der Waals surface area (Å²) in [7, 11) is -3.80. The molecule has 28 heavy (non-hydrogen) atoms. The predicted octanol–water partition coefficient (Wildman–Crippen LogP) is -0.637. The quantitative estimate of drug-likeness (QED) is 0.189. The summed E-state index contributed by atoms with van der Waals surface area (Å²) < 4.78 is 45.8. The topological polar surface area (TPSA) is 146 Å². The number of fused-ring (bicyclic) bond motifs is 1. The molecule has 3 rings (SSSR count). The van der Waals surface area contributed by atoms with Crippen LogP contribution < -0.4 is 43.9 Å². The van der Waals surface area contributed by atoms with Gasteiger partial charge in [-0.3, -0.25) is 19.5 Å². The van der Waals surface area contributed by atoms with Gasteiger partial charge in [0.2, 0.25) is 0 Å². The Bertz CT molecular complexity index is 1220. The van der Waals surface area contributed by atoms with E-state index >= 15 is 0 Å². The number of benzene rings is 2. The summed E-state index contributed by atoms with van der Waals surface area (Å²) in [6.45, 7) is 0. The van der Waals surface area contributed by atoms with Crippen LogP contribution in [0.4, 0.5) is 5.69 Å². The molecule has 0 aliphatic carbocycles.